The molecule has 1 heterocycles. The van der Waals surface area contributed by atoms with Gasteiger partial charge in [0.15, 0.2) is 0 Å². The zero-order chi connectivity index (χ0) is 8.72. The van der Waals surface area contributed by atoms with Gasteiger partial charge in [0.2, 0.25) is 0 Å². The van der Waals surface area contributed by atoms with Crippen LogP contribution in [-0.2, 0) is 4.79 Å². The molecule has 12 heavy (non-hydrogen) atoms. The maximum atomic E-state index is 10.6. The number of carboxylic acids is 1. The number of aliphatic imine (C=N–C) groups is 1. The molecule has 1 N–H and O–H groups in total. The van der Waals surface area contributed by atoms with Crippen LogP contribution in [0.1, 0.15) is 26.2 Å². The summed E-state index contributed by atoms with van der Waals surface area (Å²) in [6.07, 6.45) is 2.91. The van der Waals surface area contributed by atoms with Gasteiger partial charge in [0.25, 0.3) is 0 Å². The Balaban J connectivity index is 2.11. The summed E-state index contributed by atoms with van der Waals surface area (Å²) in [7, 11) is 0. The average molecular weight is 167 g/mol. The van der Waals surface area contributed by atoms with Gasteiger partial charge < -0.3 is 5.11 Å². The van der Waals surface area contributed by atoms with Crippen LogP contribution in [0.2, 0.25) is 0 Å². The van der Waals surface area contributed by atoms with E-state index in [1.54, 1.807) is 0 Å². The quantitative estimate of drug-likeness (QED) is 0.640. The molecule has 1 fully saturated rings. The van der Waals surface area contributed by atoms with Crippen molar-refractivity contribution < 1.29 is 9.90 Å². The van der Waals surface area contributed by atoms with E-state index in [0.29, 0.717) is 11.8 Å². The minimum atomic E-state index is -0.760. The van der Waals surface area contributed by atoms with E-state index in [-0.39, 0.29) is 0 Å². The number of carbonyl (C=O) groups is 1. The van der Waals surface area contributed by atoms with Crippen LogP contribution in [0.3, 0.4) is 0 Å². The molecule has 1 unspecified atom stereocenters. The number of fused-ring (bicyclic) bond motifs is 1. The Morgan fingerprint density at radius 2 is 2.33 bits per heavy atom. The first-order chi connectivity index (χ1) is 5.66. The molecule has 2 rings (SSSR count). The molecule has 3 nitrogen and oxygen atoms in total. The summed E-state index contributed by atoms with van der Waals surface area (Å²) >= 11 is 0. The Kier molecular flexibility index (Phi) is 1.67. The lowest BCUT2D eigenvalue weighted by atomic mass is 10.0. The van der Waals surface area contributed by atoms with Crippen molar-refractivity contribution in [2.24, 2.45) is 16.8 Å². The summed E-state index contributed by atoms with van der Waals surface area (Å²) in [4.78, 5) is 14.8. The summed E-state index contributed by atoms with van der Waals surface area (Å²) < 4.78 is 0. The number of carboxylic acid groups (broad SMARTS) is 1. The van der Waals surface area contributed by atoms with Crippen molar-refractivity contribution in [1.29, 1.82) is 0 Å². The van der Waals surface area contributed by atoms with Crippen molar-refractivity contribution in [3.63, 3.8) is 0 Å². The van der Waals surface area contributed by atoms with Crippen molar-refractivity contribution in [3.05, 3.63) is 0 Å². The maximum absolute atomic E-state index is 10.6. The lowest BCUT2D eigenvalue weighted by molar-refractivity contribution is -0.138. The third kappa shape index (κ3) is 1.13. The standard InChI is InChI=1S/C9H13NO2/c1-5-2-6-4-8(9(11)12)10-7(6)3-5/h5-6,8H,2-4H2,1H3,(H,11,12)/t5-,6?,8-/m0/s1. The molecule has 0 radical (unpaired) electrons. The summed E-state index contributed by atoms with van der Waals surface area (Å²) in [6, 6.07) is -0.433. The minimum Gasteiger partial charge on any atom is -0.480 e. The molecule has 1 aliphatic heterocycles. The van der Waals surface area contributed by atoms with Gasteiger partial charge in [-0.05, 0) is 31.1 Å². The van der Waals surface area contributed by atoms with Crippen molar-refractivity contribution >= 4 is 11.7 Å². The molecule has 0 spiro atoms. The van der Waals surface area contributed by atoms with E-state index in [9.17, 15) is 4.79 Å². The normalized spacial score (nSPS) is 39.4. The van der Waals surface area contributed by atoms with E-state index >= 15 is 0 Å². The second-order valence-electron chi connectivity index (χ2n) is 3.95. The fourth-order valence-corrected chi connectivity index (χ4v) is 2.30. The van der Waals surface area contributed by atoms with E-state index in [1.807, 2.05) is 0 Å². The smallest absolute Gasteiger partial charge is 0.328 e. The molecule has 0 amide bonds. The van der Waals surface area contributed by atoms with Gasteiger partial charge in [-0.3, -0.25) is 4.99 Å². The second-order valence-corrected chi connectivity index (χ2v) is 3.95. The molecule has 0 saturated heterocycles. The van der Waals surface area contributed by atoms with E-state index in [4.69, 9.17) is 5.11 Å². The van der Waals surface area contributed by atoms with Gasteiger partial charge in [-0.2, -0.15) is 0 Å². The van der Waals surface area contributed by atoms with Crippen molar-refractivity contribution in [3.8, 4) is 0 Å². The third-order valence-corrected chi connectivity index (χ3v) is 2.83. The van der Waals surface area contributed by atoms with Crippen molar-refractivity contribution in [1.82, 2.24) is 0 Å². The topological polar surface area (TPSA) is 49.7 Å². The zero-order valence-electron chi connectivity index (χ0n) is 7.16. The number of rotatable bonds is 1. The molecular formula is C9H13NO2. The Hall–Kier alpha value is -0.860. The first kappa shape index (κ1) is 7.77. The highest BCUT2D eigenvalue weighted by molar-refractivity contribution is 5.94. The second kappa shape index (κ2) is 2.57. The van der Waals surface area contributed by atoms with E-state index in [0.717, 1.165) is 25.0 Å². The van der Waals surface area contributed by atoms with Crippen LogP contribution in [-0.4, -0.2) is 22.8 Å². The molecule has 3 heteroatoms. The molecule has 1 saturated carbocycles. The SMILES string of the molecule is C[C@@H]1CC2=N[C@H](C(=O)O)CC2C1. The van der Waals surface area contributed by atoms with Gasteiger partial charge in [-0.25, -0.2) is 4.79 Å². The fourth-order valence-electron chi connectivity index (χ4n) is 2.30. The van der Waals surface area contributed by atoms with Gasteiger partial charge in [0.05, 0.1) is 0 Å². The average Bonchev–Trinajstić information content (AvgIpc) is 2.42. The monoisotopic (exact) mass is 167 g/mol. The predicted molar refractivity (Wildman–Crippen MR) is 45.4 cm³/mol. The van der Waals surface area contributed by atoms with Crippen LogP contribution < -0.4 is 0 Å². The van der Waals surface area contributed by atoms with Gasteiger partial charge >= 0.3 is 5.97 Å². The first-order valence-electron chi connectivity index (χ1n) is 4.46. The fraction of sp³-hybridized carbons (Fsp3) is 0.778. The Labute approximate surface area is 71.5 Å². The third-order valence-electron chi connectivity index (χ3n) is 2.83. The van der Waals surface area contributed by atoms with Crippen LogP contribution in [0, 0.1) is 11.8 Å². The highest BCUT2D eigenvalue weighted by Gasteiger charge is 2.37. The molecule has 0 aromatic carbocycles. The summed E-state index contributed by atoms with van der Waals surface area (Å²) in [6.45, 7) is 2.20. The van der Waals surface area contributed by atoms with E-state index < -0.39 is 12.0 Å². The molecule has 2 aliphatic rings. The molecular weight excluding hydrogens is 154 g/mol. The Morgan fingerprint density at radius 3 is 2.92 bits per heavy atom. The molecule has 66 valence electrons. The number of hydrogen-bond donors (Lipinski definition) is 1. The summed E-state index contributed by atoms with van der Waals surface area (Å²) in [5.74, 6) is 0.439. The van der Waals surface area contributed by atoms with Gasteiger partial charge in [-0.1, -0.05) is 6.92 Å². The zero-order valence-corrected chi connectivity index (χ0v) is 7.16. The van der Waals surface area contributed by atoms with Crippen LogP contribution in [0.5, 0.6) is 0 Å². The summed E-state index contributed by atoms with van der Waals surface area (Å²) in [5, 5.41) is 8.73. The highest BCUT2D eigenvalue weighted by atomic mass is 16.4. The van der Waals surface area contributed by atoms with Gasteiger partial charge in [0.1, 0.15) is 6.04 Å². The van der Waals surface area contributed by atoms with Crippen LogP contribution in [0.4, 0.5) is 0 Å². The summed E-state index contributed by atoms with van der Waals surface area (Å²) in [5.41, 5.74) is 1.16. The number of nitrogens with zero attached hydrogens (tertiary/aromatic N) is 1. The molecule has 3 atom stereocenters. The van der Waals surface area contributed by atoms with Crippen molar-refractivity contribution in [2.45, 2.75) is 32.2 Å². The highest BCUT2D eigenvalue weighted by Crippen LogP contribution is 2.36. The molecule has 0 bridgehead atoms. The molecule has 0 aromatic heterocycles. The minimum absolute atomic E-state index is 0.433. The van der Waals surface area contributed by atoms with Crippen LogP contribution in [0.25, 0.3) is 0 Å². The van der Waals surface area contributed by atoms with Gasteiger partial charge in [-0.15, -0.1) is 0 Å². The van der Waals surface area contributed by atoms with E-state index in [2.05, 4.69) is 11.9 Å². The Bertz CT molecular complexity index is 247. The lowest BCUT2D eigenvalue weighted by Crippen LogP contribution is -2.16. The van der Waals surface area contributed by atoms with Crippen LogP contribution >= 0.6 is 0 Å². The van der Waals surface area contributed by atoms with Crippen molar-refractivity contribution in [2.75, 3.05) is 0 Å². The maximum Gasteiger partial charge on any atom is 0.328 e. The number of hydrogen-bond acceptors (Lipinski definition) is 2. The number of aliphatic carboxylic acids is 1. The largest absolute Gasteiger partial charge is 0.480 e. The van der Waals surface area contributed by atoms with Crippen LogP contribution in [0.15, 0.2) is 4.99 Å². The first-order valence-corrected chi connectivity index (χ1v) is 4.46. The molecule has 1 aliphatic carbocycles. The predicted octanol–water partition coefficient (Wildman–Crippen LogP) is 1.33. The van der Waals surface area contributed by atoms with E-state index in [1.165, 1.54) is 0 Å². The van der Waals surface area contributed by atoms with Gasteiger partial charge in [0, 0.05) is 5.71 Å². The molecule has 0 aromatic rings. The Morgan fingerprint density at radius 1 is 1.58 bits per heavy atom. The lowest BCUT2D eigenvalue weighted by Gasteiger charge is -2.04.